The summed E-state index contributed by atoms with van der Waals surface area (Å²) in [7, 11) is 0. The van der Waals surface area contributed by atoms with Crippen LogP contribution in [0.4, 0.5) is 18.9 Å². The van der Waals surface area contributed by atoms with Crippen molar-refractivity contribution in [1.82, 2.24) is 14.7 Å². The van der Waals surface area contributed by atoms with Gasteiger partial charge in [0.25, 0.3) is 11.5 Å². The Kier molecular flexibility index (Phi) is 5.71. The Labute approximate surface area is 160 Å². The van der Waals surface area contributed by atoms with E-state index in [-0.39, 0.29) is 17.2 Å². The topological polar surface area (TPSA) is 58.4 Å². The fourth-order valence-electron chi connectivity index (χ4n) is 3.14. The molecule has 9 heteroatoms. The van der Waals surface area contributed by atoms with Gasteiger partial charge in [0.05, 0.1) is 5.56 Å². The maximum atomic E-state index is 12.9. The minimum absolute atomic E-state index is 0.195. The molecule has 0 bridgehead atoms. The minimum atomic E-state index is -4.39. The van der Waals surface area contributed by atoms with Gasteiger partial charge in [-0.25, -0.2) is 4.68 Å². The molecule has 0 atom stereocenters. The lowest BCUT2D eigenvalue weighted by Crippen LogP contribution is -2.49. The normalized spacial score (nSPS) is 15.0. The molecule has 0 radical (unpaired) electrons. The van der Waals surface area contributed by atoms with Crippen LogP contribution in [0.1, 0.15) is 29.4 Å². The first-order valence-electron chi connectivity index (χ1n) is 9.09. The summed E-state index contributed by atoms with van der Waals surface area (Å²) in [6.45, 7) is 3.91. The Morgan fingerprint density at radius 1 is 1.11 bits per heavy atom. The predicted octanol–water partition coefficient (Wildman–Crippen LogP) is 2.63. The van der Waals surface area contributed by atoms with Crippen LogP contribution in [0.25, 0.3) is 0 Å². The first-order chi connectivity index (χ1) is 13.3. The van der Waals surface area contributed by atoms with E-state index < -0.39 is 11.7 Å². The number of hydrogen-bond acceptors (Lipinski definition) is 4. The summed E-state index contributed by atoms with van der Waals surface area (Å²) < 4.78 is 40.0. The molecule has 0 saturated carbocycles. The van der Waals surface area contributed by atoms with Crippen molar-refractivity contribution in [3.63, 3.8) is 0 Å². The molecule has 0 unspecified atom stereocenters. The highest BCUT2D eigenvalue weighted by Gasteiger charge is 2.31. The Bertz CT molecular complexity index is 903. The van der Waals surface area contributed by atoms with Crippen molar-refractivity contribution in [2.75, 3.05) is 31.1 Å². The number of anilines is 1. The molecule has 3 rings (SSSR count). The standard InChI is InChI=1S/C19H21F3N4O2/c1-2-8-26-17(27)7-6-16(23-26)18(28)25-11-9-24(10-12-25)15-5-3-4-14(13-15)19(20,21)22/h3-7,13H,2,8-12H2,1H3. The monoisotopic (exact) mass is 394 g/mol. The van der Waals surface area contributed by atoms with Crippen LogP contribution in [-0.2, 0) is 12.7 Å². The maximum Gasteiger partial charge on any atom is 0.416 e. The lowest BCUT2D eigenvalue weighted by atomic mass is 10.1. The fraction of sp³-hybridized carbons (Fsp3) is 0.421. The van der Waals surface area contributed by atoms with Crippen molar-refractivity contribution < 1.29 is 18.0 Å². The van der Waals surface area contributed by atoms with Crippen LogP contribution in [0.3, 0.4) is 0 Å². The van der Waals surface area contributed by atoms with Crippen molar-refractivity contribution >= 4 is 11.6 Å². The number of halogens is 3. The molecule has 2 aromatic rings. The van der Waals surface area contributed by atoms with E-state index in [2.05, 4.69) is 5.10 Å². The second-order valence-electron chi connectivity index (χ2n) is 6.61. The summed E-state index contributed by atoms with van der Waals surface area (Å²) >= 11 is 0. The quantitative estimate of drug-likeness (QED) is 0.800. The van der Waals surface area contributed by atoms with Gasteiger partial charge in [-0.2, -0.15) is 18.3 Å². The summed E-state index contributed by atoms with van der Waals surface area (Å²) in [5.74, 6) is -0.284. The van der Waals surface area contributed by atoms with E-state index in [9.17, 15) is 22.8 Å². The van der Waals surface area contributed by atoms with Crippen molar-refractivity contribution in [2.24, 2.45) is 0 Å². The first kappa shape index (κ1) is 19.9. The Morgan fingerprint density at radius 3 is 2.46 bits per heavy atom. The molecule has 0 N–H and O–H groups in total. The molecule has 1 aromatic heterocycles. The van der Waals surface area contributed by atoms with Crippen molar-refractivity contribution in [1.29, 1.82) is 0 Å². The number of alkyl halides is 3. The molecule has 1 aliphatic rings. The van der Waals surface area contributed by atoms with Gasteiger partial charge in [-0.3, -0.25) is 9.59 Å². The Balaban J connectivity index is 1.68. The van der Waals surface area contributed by atoms with E-state index in [1.54, 1.807) is 11.0 Å². The Morgan fingerprint density at radius 2 is 1.82 bits per heavy atom. The van der Waals surface area contributed by atoms with Gasteiger partial charge in [-0.15, -0.1) is 0 Å². The maximum absolute atomic E-state index is 12.9. The lowest BCUT2D eigenvalue weighted by molar-refractivity contribution is -0.137. The molecule has 28 heavy (non-hydrogen) atoms. The molecule has 1 amide bonds. The largest absolute Gasteiger partial charge is 0.416 e. The van der Waals surface area contributed by atoms with Crippen LogP contribution < -0.4 is 10.5 Å². The highest BCUT2D eigenvalue weighted by atomic mass is 19.4. The van der Waals surface area contributed by atoms with Gasteiger partial charge in [0.1, 0.15) is 5.69 Å². The molecule has 1 saturated heterocycles. The third kappa shape index (κ3) is 4.35. The highest BCUT2D eigenvalue weighted by molar-refractivity contribution is 5.92. The Hall–Kier alpha value is -2.84. The number of carbonyl (C=O) groups excluding carboxylic acids is 1. The zero-order chi connectivity index (χ0) is 20.3. The van der Waals surface area contributed by atoms with Gasteiger partial charge >= 0.3 is 6.18 Å². The summed E-state index contributed by atoms with van der Waals surface area (Å²) in [6, 6.07) is 7.93. The van der Waals surface area contributed by atoms with E-state index in [1.807, 2.05) is 11.8 Å². The second kappa shape index (κ2) is 8.04. The second-order valence-corrected chi connectivity index (χ2v) is 6.61. The van der Waals surface area contributed by atoms with Crippen LogP contribution >= 0.6 is 0 Å². The number of benzene rings is 1. The molecule has 2 heterocycles. The van der Waals surface area contributed by atoms with Gasteiger partial charge < -0.3 is 9.80 Å². The molecule has 0 aliphatic carbocycles. The van der Waals surface area contributed by atoms with Crippen molar-refractivity contribution in [3.8, 4) is 0 Å². The molecule has 150 valence electrons. The number of aromatic nitrogens is 2. The van der Waals surface area contributed by atoms with Gasteiger partial charge in [0.2, 0.25) is 0 Å². The van der Waals surface area contributed by atoms with Crippen LogP contribution in [-0.4, -0.2) is 46.8 Å². The van der Waals surface area contributed by atoms with Crippen molar-refractivity contribution in [3.05, 3.63) is 58.0 Å². The highest BCUT2D eigenvalue weighted by Crippen LogP contribution is 2.31. The zero-order valence-electron chi connectivity index (χ0n) is 15.4. The van der Waals surface area contributed by atoms with Crippen molar-refractivity contribution in [2.45, 2.75) is 26.1 Å². The van der Waals surface area contributed by atoms with Gasteiger partial charge in [0, 0.05) is 44.5 Å². The van der Waals surface area contributed by atoms with E-state index in [1.165, 1.54) is 22.9 Å². The third-order valence-corrected chi connectivity index (χ3v) is 4.63. The fourth-order valence-corrected chi connectivity index (χ4v) is 3.14. The molecular weight excluding hydrogens is 373 g/mol. The first-order valence-corrected chi connectivity index (χ1v) is 9.09. The van der Waals surface area contributed by atoms with E-state index in [4.69, 9.17) is 0 Å². The summed E-state index contributed by atoms with van der Waals surface area (Å²) in [4.78, 5) is 27.9. The van der Waals surface area contributed by atoms with Crippen LogP contribution in [0.2, 0.25) is 0 Å². The van der Waals surface area contributed by atoms with Gasteiger partial charge in [-0.05, 0) is 30.7 Å². The third-order valence-electron chi connectivity index (χ3n) is 4.63. The molecule has 1 aliphatic heterocycles. The SMILES string of the molecule is CCCn1nc(C(=O)N2CCN(c3cccc(C(F)(F)F)c3)CC2)ccc1=O. The number of nitrogens with zero attached hydrogens (tertiary/aromatic N) is 4. The predicted molar refractivity (Wildman–Crippen MR) is 98.3 cm³/mol. The van der Waals surface area contributed by atoms with Crippen LogP contribution in [0, 0.1) is 0 Å². The number of rotatable bonds is 4. The summed E-state index contributed by atoms with van der Waals surface area (Å²) in [5.41, 5.74) is -0.268. The molecule has 1 aromatic carbocycles. The zero-order valence-corrected chi connectivity index (χ0v) is 15.4. The lowest BCUT2D eigenvalue weighted by Gasteiger charge is -2.36. The number of hydrogen-bond donors (Lipinski definition) is 0. The average molecular weight is 394 g/mol. The number of carbonyl (C=O) groups is 1. The molecule has 1 fully saturated rings. The number of aryl methyl sites for hydroxylation is 1. The molecule has 6 nitrogen and oxygen atoms in total. The summed E-state index contributed by atoms with van der Waals surface area (Å²) in [5, 5.41) is 4.13. The van der Waals surface area contributed by atoms with E-state index >= 15 is 0 Å². The molecule has 0 spiro atoms. The van der Waals surface area contributed by atoms with Gasteiger partial charge in [-0.1, -0.05) is 13.0 Å². The number of piperazine rings is 1. The van der Waals surface area contributed by atoms with E-state index in [0.717, 1.165) is 18.6 Å². The average Bonchev–Trinajstić information content (AvgIpc) is 2.69. The van der Waals surface area contributed by atoms with E-state index in [0.29, 0.717) is 38.4 Å². The smallest absolute Gasteiger partial charge is 0.368 e. The van der Waals surface area contributed by atoms with Crippen LogP contribution in [0.15, 0.2) is 41.2 Å². The van der Waals surface area contributed by atoms with Crippen LogP contribution in [0.5, 0.6) is 0 Å². The minimum Gasteiger partial charge on any atom is -0.368 e. The summed E-state index contributed by atoms with van der Waals surface area (Å²) in [6.07, 6.45) is -3.67. The van der Waals surface area contributed by atoms with Gasteiger partial charge in [0.15, 0.2) is 0 Å². The number of amides is 1. The molecular formula is C19H21F3N4O2.